The normalized spacial score (nSPS) is 16.4. The second-order valence-electron chi connectivity index (χ2n) is 7.67. The van der Waals surface area contributed by atoms with Crippen LogP contribution >= 0.6 is 0 Å². The van der Waals surface area contributed by atoms with Gasteiger partial charge < -0.3 is 10.2 Å². The van der Waals surface area contributed by atoms with Crippen LogP contribution in [0.2, 0.25) is 0 Å². The van der Waals surface area contributed by atoms with Crippen molar-refractivity contribution >= 4 is 23.6 Å². The molecule has 0 atom stereocenters. The molecule has 160 valence electrons. The van der Waals surface area contributed by atoms with Gasteiger partial charge >= 0.3 is 0 Å². The summed E-state index contributed by atoms with van der Waals surface area (Å²) in [5, 5.41) is 2.82. The summed E-state index contributed by atoms with van der Waals surface area (Å²) < 4.78 is 13.8. The van der Waals surface area contributed by atoms with Crippen LogP contribution in [0.4, 0.5) is 4.39 Å². The molecule has 2 aliphatic heterocycles. The Kier molecular flexibility index (Phi) is 5.79. The number of carbonyl (C=O) groups excluding carboxylic acids is 4. The summed E-state index contributed by atoms with van der Waals surface area (Å²) in [6.45, 7) is 0.932. The van der Waals surface area contributed by atoms with Crippen LogP contribution in [0.25, 0.3) is 0 Å². The number of hydrogen-bond donors (Lipinski definition) is 1. The van der Waals surface area contributed by atoms with Crippen molar-refractivity contribution in [1.29, 1.82) is 0 Å². The number of nitrogens with one attached hydrogen (secondary N) is 1. The van der Waals surface area contributed by atoms with Gasteiger partial charge in [0.05, 0.1) is 16.7 Å². The molecule has 2 aromatic carbocycles. The topological polar surface area (TPSA) is 86.8 Å². The molecule has 0 saturated carbocycles. The minimum absolute atomic E-state index is 0.00181. The molecule has 2 aliphatic rings. The molecule has 0 radical (unpaired) electrons. The molecule has 1 N–H and O–H groups in total. The van der Waals surface area contributed by atoms with Gasteiger partial charge in [-0.25, -0.2) is 4.39 Å². The molecule has 0 spiro atoms. The summed E-state index contributed by atoms with van der Waals surface area (Å²) in [6, 6.07) is 12.3. The minimum atomic E-state index is -0.569. The monoisotopic (exact) mass is 423 g/mol. The first-order chi connectivity index (χ1) is 15.0. The predicted molar refractivity (Wildman–Crippen MR) is 110 cm³/mol. The predicted octanol–water partition coefficient (Wildman–Crippen LogP) is 2.23. The van der Waals surface area contributed by atoms with Gasteiger partial charge in [0.1, 0.15) is 5.82 Å². The van der Waals surface area contributed by atoms with Gasteiger partial charge in [-0.15, -0.1) is 0 Å². The Balaban J connectivity index is 1.26. The Morgan fingerprint density at radius 3 is 2.13 bits per heavy atom. The Morgan fingerprint density at radius 1 is 0.935 bits per heavy atom. The molecule has 0 bridgehead atoms. The molecule has 4 amide bonds. The van der Waals surface area contributed by atoms with Crippen molar-refractivity contribution in [2.75, 3.05) is 19.6 Å². The summed E-state index contributed by atoms with van der Waals surface area (Å²) >= 11 is 0. The Bertz CT molecular complexity index is 1010. The molecule has 2 aromatic rings. The average Bonchev–Trinajstić information content (AvgIpc) is 3.03. The van der Waals surface area contributed by atoms with Gasteiger partial charge in [-0.3, -0.25) is 24.1 Å². The number of halogens is 1. The van der Waals surface area contributed by atoms with E-state index in [1.807, 2.05) is 0 Å². The van der Waals surface area contributed by atoms with Gasteiger partial charge in [0.15, 0.2) is 0 Å². The lowest BCUT2D eigenvalue weighted by Crippen LogP contribution is -2.47. The third-order valence-corrected chi connectivity index (χ3v) is 5.73. The third kappa shape index (κ3) is 4.19. The summed E-state index contributed by atoms with van der Waals surface area (Å²) in [6.07, 6.45) is 1.16. The number of carbonyl (C=O) groups is 4. The lowest BCUT2D eigenvalue weighted by molar-refractivity contribution is -0.132. The maximum absolute atomic E-state index is 13.8. The summed E-state index contributed by atoms with van der Waals surface area (Å²) in [4.78, 5) is 52.4. The van der Waals surface area contributed by atoms with E-state index in [4.69, 9.17) is 0 Å². The second kappa shape index (κ2) is 8.67. The highest BCUT2D eigenvalue weighted by Gasteiger charge is 2.35. The quantitative estimate of drug-likeness (QED) is 0.748. The number of hydrogen-bond acceptors (Lipinski definition) is 4. The fourth-order valence-electron chi connectivity index (χ4n) is 3.99. The van der Waals surface area contributed by atoms with E-state index in [1.54, 1.807) is 35.2 Å². The van der Waals surface area contributed by atoms with E-state index in [0.29, 0.717) is 37.1 Å². The van der Waals surface area contributed by atoms with Crippen LogP contribution in [-0.2, 0) is 4.79 Å². The first kappa shape index (κ1) is 20.7. The van der Waals surface area contributed by atoms with Crippen molar-refractivity contribution in [1.82, 2.24) is 15.1 Å². The zero-order chi connectivity index (χ0) is 22.0. The van der Waals surface area contributed by atoms with Crippen LogP contribution in [0.3, 0.4) is 0 Å². The van der Waals surface area contributed by atoms with E-state index in [9.17, 15) is 23.6 Å². The molecular weight excluding hydrogens is 401 g/mol. The first-order valence-electron chi connectivity index (χ1n) is 10.2. The maximum Gasteiger partial charge on any atom is 0.261 e. The Labute approximate surface area is 178 Å². The maximum atomic E-state index is 13.8. The van der Waals surface area contributed by atoms with Crippen LogP contribution in [0.1, 0.15) is 50.3 Å². The van der Waals surface area contributed by atoms with Crippen LogP contribution in [-0.4, -0.2) is 59.1 Å². The Hall–Kier alpha value is -3.55. The van der Waals surface area contributed by atoms with Crippen molar-refractivity contribution in [2.45, 2.75) is 25.3 Å². The van der Waals surface area contributed by atoms with E-state index in [-0.39, 0.29) is 42.3 Å². The fourth-order valence-corrected chi connectivity index (χ4v) is 3.99. The highest BCUT2D eigenvalue weighted by Crippen LogP contribution is 2.23. The van der Waals surface area contributed by atoms with Crippen molar-refractivity contribution in [3.63, 3.8) is 0 Å². The molecule has 0 unspecified atom stereocenters. The van der Waals surface area contributed by atoms with Gasteiger partial charge in [0.25, 0.3) is 17.7 Å². The van der Waals surface area contributed by atoms with E-state index in [0.717, 1.165) is 4.90 Å². The summed E-state index contributed by atoms with van der Waals surface area (Å²) in [7, 11) is 0. The van der Waals surface area contributed by atoms with Gasteiger partial charge in [0, 0.05) is 32.1 Å². The van der Waals surface area contributed by atoms with Crippen LogP contribution in [0.5, 0.6) is 0 Å². The molecule has 1 fully saturated rings. The van der Waals surface area contributed by atoms with Crippen molar-refractivity contribution in [3.05, 3.63) is 71.0 Å². The van der Waals surface area contributed by atoms with Crippen molar-refractivity contribution < 1.29 is 23.6 Å². The number of fused-ring (bicyclic) bond motifs is 1. The molecule has 1 saturated heterocycles. The SMILES string of the molecule is O=C(NC1CCN(C(=O)CCN2C(=O)c3ccccc3C2=O)CC1)c1ccccc1F. The molecule has 4 rings (SSSR count). The summed E-state index contributed by atoms with van der Waals surface area (Å²) in [5.74, 6) is -1.92. The van der Waals surface area contributed by atoms with Crippen molar-refractivity contribution in [3.8, 4) is 0 Å². The van der Waals surface area contributed by atoms with E-state index < -0.39 is 11.7 Å². The van der Waals surface area contributed by atoms with Gasteiger partial charge in [0.2, 0.25) is 5.91 Å². The Morgan fingerprint density at radius 2 is 1.52 bits per heavy atom. The van der Waals surface area contributed by atoms with Gasteiger partial charge in [-0.1, -0.05) is 24.3 Å². The lowest BCUT2D eigenvalue weighted by atomic mass is 10.0. The zero-order valence-electron chi connectivity index (χ0n) is 16.8. The van der Waals surface area contributed by atoms with E-state index in [1.165, 1.54) is 18.2 Å². The highest BCUT2D eigenvalue weighted by atomic mass is 19.1. The van der Waals surface area contributed by atoms with Crippen LogP contribution in [0.15, 0.2) is 48.5 Å². The second-order valence-corrected chi connectivity index (χ2v) is 7.67. The third-order valence-electron chi connectivity index (χ3n) is 5.73. The lowest BCUT2D eigenvalue weighted by Gasteiger charge is -2.32. The number of nitrogens with zero attached hydrogens (tertiary/aromatic N) is 2. The molecule has 0 aliphatic carbocycles. The molecule has 0 aromatic heterocycles. The average molecular weight is 423 g/mol. The number of amides is 4. The van der Waals surface area contributed by atoms with Crippen LogP contribution in [0, 0.1) is 5.82 Å². The molecule has 31 heavy (non-hydrogen) atoms. The number of rotatable bonds is 5. The minimum Gasteiger partial charge on any atom is -0.349 e. The first-order valence-corrected chi connectivity index (χ1v) is 10.2. The molecule has 8 heteroatoms. The zero-order valence-corrected chi connectivity index (χ0v) is 16.8. The summed E-state index contributed by atoms with van der Waals surface area (Å²) in [5.41, 5.74) is 0.736. The van der Waals surface area contributed by atoms with Crippen molar-refractivity contribution in [2.24, 2.45) is 0 Å². The molecule has 7 nitrogen and oxygen atoms in total. The van der Waals surface area contributed by atoms with Gasteiger partial charge in [-0.05, 0) is 37.1 Å². The molecule has 2 heterocycles. The highest BCUT2D eigenvalue weighted by molar-refractivity contribution is 6.21. The number of piperidine rings is 1. The standard InChI is InChI=1S/C23H22FN3O4/c24-19-8-4-3-7-18(19)21(29)25-15-9-12-26(13-10-15)20(28)11-14-27-22(30)16-5-1-2-6-17(16)23(27)31/h1-8,15H,9-14H2,(H,25,29). The van der Waals surface area contributed by atoms with E-state index >= 15 is 0 Å². The smallest absolute Gasteiger partial charge is 0.261 e. The number of likely N-dealkylation sites (tertiary alicyclic amines) is 1. The van der Waals surface area contributed by atoms with Gasteiger partial charge in [-0.2, -0.15) is 0 Å². The van der Waals surface area contributed by atoms with Crippen LogP contribution < -0.4 is 5.32 Å². The fraction of sp³-hybridized carbons (Fsp3) is 0.304. The largest absolute Gasteiger partial charge is 0.349 e. The molecular formula is C23H22FN3O4. The number of benzene rings is 2. The number of imide groups is 1. The van der Waals surface area contributed by atoms with E-state index in [2.05, 4.69) is 5.32 Å².